The second-order valence-electron chi connectivity index (χ2n) is 8.74. The van der Waals surface area contributed by atoms with Crippen molar-refractivity contribution in [3.63, 3.8) is 0 Å². The van der Waals surface area contributed by atoms with Crippen LogP contribution in [0.15, 0.2) is 42.5 Å². The van der Waals surface area contributed by atoms with E-state index in [0.717, 1.165) is 23.4 Å². The summed E-state index contributed by atoms with van der Waals surface area (Å²) in [6, 6.07) is 13.7. The van der Waals surface area contributed by atoms with Gasteiger partial charge in [0, 0.05) is 24.7 Å². The molecule has 1 aliphatic heterocycles. The zero-order valence-electron chi connectivity index (χ0n) is 17.7. The molecule has 0 radical (unpaired) electrons. The number of aryl methyl sites for hydroxylation is 1. The van der Waals surface area contributed by atoms with Crippen LogP contribution in [0.25, 0.3) is 0 Å². The predicted octanol–water partition coefficient (Wildman–Crippen LogP) is 3.45. The number of β-amino-alcohol motifs (C(OH)–C–C–N with tert-alkyl or cyclic N) is 1. The highest BCUT2D eigenvalue weighted by Crippen LogP contribution is 2.23. The molecule has 29 heavy (non-hydrogen) atoms. The van der Waals surface area contributed by atoms with E-state index in [9.17, 15) is 9.90 Å². The molecule has 1 aromatic heterocycles. The van der Waals surface area contributed by atoms with Crippen molar-refractivity contribution in [3.8, 4) is 0 Å². The standard InChI is InChI=1S/C23H31N3O3/c1-16-10-19(12-18-13-24-14-20(18)27)25-21(11-16)26(22(28)29-23(2,3)4)15-17-8-6-5-7-9-17/h5-11,18,20,24,27H,12-15H2,1-4H3. The van der Waals surface area contributed by atoms with Crippen LogP contribution in [0.4, 0.5) is 10.6 Å². The number of aliphatic hydroxyl groups is 1. The first-order valence-electron chi connectivity index (χ1n) is 10.1. The van der Waals surface area contributed by atoms with E-state index in [2.05, 4.69) is 5.32 Å². The van der Waals surface area contributed by atoms with Gasteiger partial charge in [-0.1, -0.05) is 30.3 Å². The molecule has 156 valence electrons. The van der Waals surface area contributed by atoms with Gasteiger partial charge in [-0.3, -0.25) is 4.90 Å². The van der Waals surface area contributed by atoms with Gasteiger partial charge in [0.05, 0.1) is 12.6 Å². The lowest BCUT2D eigenvalue weighted by Gasteiger charge is -2.27. The van der Waals surface area contributed by atoms with Crippen LogP contribution >= 0.6 is 0 Å². The van der Waals surface area contributed by atoms with Gasteiger partial charge in [-0.05, 0) is 57.4 Å². The van der Waals surface area contributed by atoms with E-state index < -0.39 is 11.7 Å². The summed E-state index contributed by atoms with van der Waals surface area (Å²) in [7, 11) is 0. The molecular formula is C23H31N3O3. The number of aliphatic hydroxyl groups excluding tert-OH is 1. The van der Waals surface area contributed by atoms with Crippen molar-refractivity contribution in [1.82, 2.24) is 10.3 Å². The molecule has 6 nitrogen and oxygen atoms in total. The van der Waals surface area contributed by atoms with Crippen molar-refractivity contribution >= 4 is 11.9 Å². The summed E-state index contributed by atoms with van der Waals surface area (Å²) in [4.78, 5) is 19.3. The number of carbonyl (C=O) groups is 1. The lowest BCUT2D eigenvalue weighted by molar-refractivity contribution is 0.0576. The van der Waals surface area contributed by atoms with E-state index in [4.69, 9.17) is 9.72 Å². The summed E-state index contributed by atoms with van der Waals surface area (Å²) >= 11 is 0. The molecule has 1 aliphatic rings. The molecule has 0 aliphatic carbocycles. The Morgan fingerprint density at radius 1 is 1.24 bits per heavy atom. The summed E-state index contributed by atoms with van der Waals surface area (Å²) < 4.78 is 5.65. The molecular weight excluding hydrogens is 366 g/mol. The normalized spacial score (nSPS) is 19.2. The minimum atomic E-state index is -0.599. The third-order valence-corrected chi connectivity index (χ3v) is 4.86. The summed E-state index contributed by atoms with van der Waals surface area (Å²) in [6.07, 6.45) is -0.129. The van der Waals surface area contributed by atoms with Crippen LogP contribution in [-0.2, 0) is 17.7 Å². The number of pyridine rings is 1. The number of rotatable bonds is 5. The third-order valence-electron chi connectivity index (χ3n) is 4.86. The Labute approximate surface area is 172 Å². The van der Waals surface area contributed by atoms with E-state index in [0.29, 0.717) is 25.3 Å². The average molecular weight is 398 g/mol. The molecule has 2 N–H and O–H groups in total. The van der Waals surface area contributed by atoms with Crippen LogP contribution in [0.3, 0.4) is 0 Å². The Kier molecular flexibility index (Phi) is 6.55. The number of carbonyl (C=O) groups excluding carboxylic acids is 1. The number of amides is 1. The Morgan fingerprint density at radius 2 is 1.97 bits per heavy atom. The molecule has 2 heterocycles. The second-order valence-corrected chi connectivity index (χ2v) is 8.74. The summed E-state index contributed by atoms with van der Waals surface area (Å²) in [5, 5.41) is 13.3. The van der Waals surface area contributed by atoms with Gasteiger partial charge < -0.3 is 15.2 Å². The highest BCUT2D eigenvalue weighted by Gasteiger charge is 2.27. The molecule has 1 aromatic carbocycles. The molecule has 0 spiro atoms. The fraction of sp³-hybridized carbons (Fsp3) is 0.478. The Balaban J connectivity index is 1.90. The Hall–Kier alpha value is -2.44. The molecule has 2 unspecified atom stereocenters. The fourth-order valence-corrected chi connectivity index (χ4v) is 3.48. The second kappa shape index (κ2) is 8.93. The lowest BCUT2D eigenvalue weighted by Crippen LogP contribution is -2.37. The Bertz CT molecular complexity index is 833. The smallest absolute Gasteiger partial charge is 0.416 e. The maximum absolute atomic E-state index is 13.0. The summed E-state index contributed by atoms with van der Waals surface area (Å²) in [5.74, 6) is 0.694. The van der Waals surface area contributed by atoms with E-state index >= 15 is 0 Å². The van der Waals surface area contributed by atoms with Crippen LogP contribution in [0, 0.1) is 12.8 Å². The summed E-state index contributed by atoms with van der Waals surface area (Å²) in [6.45, 7) is 9.32. The molecule has 6 heteroatoms. The molecule has 0 saturated carbocycles. The van der Waals surface area contributed by atoms with Gasteiger partial charge in [0.1, 0.15) is 11.4 Å². The number of ether oxygens (including phenoxy) is 1. The summed E-state index contributed by atoms with van der Waals surface area (Å²) in [5.41, 5.74) is 2.29. The third kappa shape index (κ3) is 6.02. The van der Waals surface area contributed by atoms with E-state index in [1.807, 2.05) is 70.2 Å². The highest BCUT2D eigenvalue weighted by molar-refractivity contribution is 5.86. The molecule has 3 rings (SSSR count). The molecule has 0 bridgehead atoms. The van der Waals surface area contributed by atoms with Crippen LogP contribution < -0.4 is 10.2 Å². The van der Waals surface area contributed by atoms with Gasteiger partial charge in [0.25, 0.3) is 0 Å². The first-order valence-corrected chi connectivity index (χ1v) is 10.1. The van der Waals surface area contributed by atoms with Crippen LogP contribution in [-0.4, -0.2) is 41.0 Å². The number of hydrogen-bond acceptors (Lipinski definition) is 5. The first-order chi connectivity index (χ1) is 13.7. The number of benzene rings is 1. The average Bonchev–Trinajstić information content (AvgIpc) is 3.03. The van der Waals surface area contributed by atoms with Crippen LogP contribution in [0.1, 0.15) is 37.6 Å². The largest absolute Gasteiger partial charge is 0.443 e. The number of anilines is 1. The molecule has 1 amide bonds. The topological polar surface area (TPSA) is 74.7 Å². The van der Waals surface area contributed by atoms with Gasteiger partial charge in [0.2, 0.25) is 0 Å². The monoisotopic (exact) mass is 397 g/mol. The van der Waals surface area contributed by atoms with Gasteiger partial charge in [0.15, 0.2) is 0 Å². The van der Waals surface area contributed by atoms with Crippen molar-refractivity contribution < 1.29 is 14.6 Å². The predicted molar refractivity (Wildman–Crippen MR) is 114 cm³/mol. The van der Waals surface area contributed by atoms with E-state index in [1.165, 1.54) is 0 Å². The lowest BCUT2D eigenvalue weighted by atomic mass is 9.99. The van der Waals surface area contributed by atoms with E-state index in [1.54, 1.807) is 4.90 Å². The molecule has 1 saturated heterocycles. The Morgan fingerprint density at radius 3 is 2.59 bits per heavy atom. The molecule has 2 aromatic rings. The van der Waals surface area contributed by atoms with Crippen molar-refractivity contribution in [3.05, 3.63) is 59.3 Å². The number of nitrogens with one attached hydrogen (secondary N) is 1. The maximum Gasteiger partial charge on any atom is 0.416 e. The maximum atomic E-state index is 13.0. The minimum absolute atomic E-state index is 0.126. The van der Waals surface area contributed by atoms with Gasteiger partial charge in [-0.2, -0.15) is 0 Å². The zero-order chi connectivity index (χ0) is 21.0. The number of hydrogen-bond donors (Lipinski definition) is 2. The molecule has 2 atom stereocenters. The first kappa shape index (κ1) is 21.3. The minimum Gasteiger partial charge on any atom is -0.443 e. The van der Waals surface area contributed by atoms with E-state index in [-0.39, 0.29) is 12.0 Å². The zero-order valence-corrected chi connectivity index (χ0v) is 17.7. The van der Waals surface area contributed by atoms with Gasteiger partial charge >= 0.3 is 6.09 Å². The van der Waals surface area contributed by atoms with Crippen molar-refractivity contribution in [2.75, 3.05) is 18.0 Å². The highest BCUT2D eigenvalue weighted by atomic mass is 16.6. The van der Waals surface area contributed by atoms with Gasteiger partial charge in [-0.25, -0.2) is 9.78 Å². The van der Waals surface area contributed by atoms with Crippen molar-refractivity contribution in [2.45, 2.75) is 52.4 Å². The number of nitrogens with zero attached hydrogens (tertiary/aromatic N) is 2. The van der Waals surface area contributed by atoms with Crippen LogP contribution in [0.2, 0.25) is 0 Å². The quantitative estimate of drug-likeness (QED) is 0.808. The fourth-order valence-electron chi connectivity index (χ4n) is 3.48. The van der Waals surface area contributed by atoms with Crippen LogP contribution in [0.5, 0.6) is 0 Å². The van der Waals surface area contributed by atoms with Crippen molar-refractivity contribution in [2.24, 2.45) is 5.92 Å². The SMILES string of the molecule is Cc1cc(CC2CNCC2O)nc(N(Cc2ccccc2)C(=O)OC(C)(C)C)c1. The number of aromatic nitrogens is 1. The van der Waals surface area contributed by atoms with Gasteiger partial charge in [-0.15, -0.1) is 0 Å². The van der Waals surface area contributed by atoms with Crippen molar-refractivity contribution in [1.29, 1.82) is 0 Å². The molecule has 1 fully saturated rings.